The van der Waals surface area contributed by atoms with E-state index in [0.29, 0.717) is 16.0 Å². The van der Waals surface area contributed by atoms with Gasteiger partial charge in [-0.05, 0) is 17.2 Å². The van der Waals surface area contributed by atoms with Crippen molar-refractivity contribution in [3.8, 4) is 11.1 Å². The lowest BCUT2D eigenvalue weighted by Gasteiger charge is -2.40. The second-order valence-corrected chi connectivity index (χ2v) is 6.97. The van der Waals surface area contributed by atoms with Gasteiger partial charge in [0.25, 0.3) is 0 Å². The first-order valence-electron chi connectivity index (χ1n) is 8.99. The Morgan fingerprint density at radius 3 is 1.86 bits per heavy atom. The first-order valence-corrected chi connectivity index (χ1v) is 8.99. The number of benzene rings is 2. The highest BCUT2D eigenvalue weighted by atomic mass is 19.4. The quantitative estimate of drug-likeness (QED) is 0.635. The first-order chi connectivity index (χ1) is 13.6. The molecule has 0 saturated carbocycles. The highest BCUT2D eigenvalue weighted by Crippen LogP contribution is 2.37. The third-order valence-corrected chi connectivity index (χ3v) is 4.95. The van der Waals surface area contributed by atoms with Crippen LogP contribution in [0.5, 0.6) is 0 Å². The van der Waals surface area contributed by atoms with Crippen molar-refractivity contribution in [1.29, 1.82) is 0 Å². The predicted molar refractivity (Wildman–Crippen MR) is 94.6 cm³/mol. The first kappa shape index (κ1) is 21.6. The fraction of sp³-hybridized carbons (Fsp3) is 0.400. The van der Waals surface area contributed by atoms with Crippen molar-refractivity contribution in [3.63, 3.8) is 0 Å². The van der Waals surface area contributed by atoms with Gasteiger partial charge in [0, 0.05) is 38.3 Å². The second-order valence-electron chi connectivity index (χ2n) is 6.97. The normalized spacial score (nSPS) is 17.1. The molecule has 0 amide bonds. The van der Waals surface area contributed by atoms with E-state index in [1.807, 2.05) is 30.3 Å². The van der Waals surface area contributed by atoms with Gasteiger partial charge >= 0.3 is 12.4 Å². The summed E-state index contributed by atoms with van der Waals surface area (Å²) >= 11 is 0. The molecule has 29 heavy (non-hydrogen) atoms. The summed E-state index contributed by atoms with van der Waals surface area (Å²) < 4.78 is 91.6. The average molecular weight is 420 g/mol. The summed E-state index contributed by atoms with van der Waals surface area (Å²) in [5.74, 6) is -0.461. The molecule has 1 heterocycles. The maximum atomic E-state index is 14.5. The Morgan fingerprint density at radius 1 is 0.759 bits per heavy atom. The Hall–Kier alpha value is -2.13. The van der Waals surface area contributed by atoms with Crippen molar-refractivity contribution in [2.45, 2.75) is 24.9 Å². The Kier molecular flexibility index (Phi) is 6.19. The number of hydrogen-bond acceptors (Lipinski definition) is 2. The summed E-state index contributed by atoms with van der Waals surface area (Å²) in [4.78, 5) is 2.05. The number of rotatable bonds is 4. The largest absolute Gasteiger partial charge is 0.412 e. The summed E-state index contributed by atoms with van der Waals surface area (Å²) in [6.45, 7) is -0.691. The van der Waals surface area contributed by atoms with E-state index in [1.165, 1.54) is 6.07 Å². The Balaban J connectivity index is 1.64. The van der Waals surface area contributed by atoms with E-state index in [-0.39, 0.29) is 19.6 Å². The molecule has 0 N–H and O–H groups in total. The minimum absolute atomic E-state index is 0.0114. The van der Waals surface area contributed by atoms with Crippen LogP contribution in [-0.2, 0) is 6.54 Å². The third-order valence-electron chi connectivity index (χ3n) is 4.95. The molecule has 2 nitrogen and oxygen atoms in total. The smallest absolute Gasteiger partial charge is 0.296 e. The zero-order chi connectivity index (χ0) is 21.2. The van der Waals surface area contributed by atoms with E-state index < -0.39 is 37.3 Å². The lowest BCUT2D eigenvalue weighted by atomic mass is 10.0. The van der Waals surface area contributed by atoms with Gasteiger partial charge in [-0.25, -0.2) is 4.39 Å². The molecule has 1 aliphatic rings. The van der Waals surface area contributed by atoms with E-state index in [0.717, 1.165) is 5.56 Å². The fourth-order valence-corrected chi connectivity index (χ4v) is 3.51. The molecule has 2 aromatic carbocycles. The Bertz CT molecular complexity index is 796. The van der Waals surface area contributed by atoms with Crippen LogP contribution < -0.4 is 0 Å². The lowest BCUT2D eigenvalue weighted by Crippen LogP contribution is -2.60. The van der Waals surface area contributed by atoms with Gasteiger partial charge in [0.15, 0.2) is 0 Å². The van der Waals surface area contributed by atoms with Crippen LogP contribution in [0.3, 0.4) is 0 Å². The van der Waals surface area contributed by atoms with Crippen LogP contribution in [0.1, 0.15) is 5.56 Å². The molecule has 1 aliphatic heterocycles. The molecule has 0 spiro atoms. The molecule has 0 bridgehead atoms. The lowest BCUT2D eigenvalue weighted by molar-refractivity contribution is -0.289. The molecule has 158 valence electrons. The highest BCUT2D eigenvalue weighted by Gasteiger charge is 2.59. The van der Waals surface area contributed by atoms with Gasteiger partial charge in [-0.2, -0.15) is 26.3 Å². The topological polar surface area (TPSA) is 6.48 Å². The van der Waals surface area contributed by atoms with Gasteiger partial charge in [-0.1, -0.05) is 42.5 Å². The summed E-state index contributed by atoms with van der Waals surface area (Å²) in [5, 5.41) is 0. The molecule has 2 aromatic rings. The van der Waals surface area contributed by atoms with Crippen molar-refractivity contribution < 1.29 is 30.7 Å². The second kappa shape index (κ2) is 8.31. The third kappa shape index (κ3) is 5.27. The van der Waals surface area contributed by atoms with Crippen LogP contribution in [0.2, 0.25) is 0 Å². The standard InChI is InChI=1S/C20H19F7N2/c21-17-12-15(14-4-2-1-3-5-14)6-7-16(17)13-28-8-10-29(11-9-28)18(19(22,23)24)20(25,26)27/h1-7,12,18H,8-11,13H2. The molecule has 9 heteroatoms. The van der Waals surface area contributed by atoms with Crippen LogP contribution in [0.25, 0.3) is 11.1 Å². The van der Waals surface area contributed by atoms with E-state index >= 15 is 0 Å². The van der Waals surface area contributed by atoms with Gasteiger partial charge in [0.2, 0.25) is 6.04 Å². The predicted octanol–water partition coefficient (Wildman–Crippen LogP) is 5.10. The summed E-state index contributed by atoms with van der Waals surface area (Å²) in [7, 11) is 0. The molecule has 3 rings (SSSR count). The molecule has 0 aliphatic carbocycles. The summed E-state index contributed by atoms with van der Waals surface area (Å²) in [6.07, 6.45) is -10.8. The van der Waals surface area contributed by atoms with Crippen LogP contribution >= 0.6 is 0 Å². The van der Waals surface area contributed by atoms with Crippen LogP contribution in [0, 0.1) is 5.82 Å². The van der Waals surface area contributed by atoms with E-state index in [4.69, 9.17) is 0 Å². The molecule has 0 aromatic heterocycles. The molecule has 0 atom stereocenters. The SMILES string of the molecule is Fc1cc(-c2ccccc2)ccc1CN1CCN(C(C(F)(F)F)C(F)(F)F)CC1. The van der Waals surface area contributed by atoms with E-state index in [9.17, 15) is 30.7 Å². The summed E-state index contributed by atoms with van der Waals surface area (Å²) in [5.41, 5.74) is 1.88. The number of nitrogens with zero attached hydrogens (tertiary/aromatic N) is 2. The van der Waals surface area contributed by atoms with E-state index in [2.05, 4.69) is 0 Å². The number of hydrogen-bond donors (Lipinski definition) is 0. The van der Waals surface area contributed by atoms with Gasteiger partial charge in [0.05, 0.1) is 0 Å². The minimum atomic E-state index is -5.39. The van der Waals surface area contributed by atoms with E-state index in [1.54, 1.807) is 17.0 Å². The number of halogens is 7. The fourth-order valence-electron chi connectivity index (χ4n) is 3.51. The van der Waals surface area contributed by atoms with Gasteiger partial charge in [-0.3, -0.25) is 9.80 Å². The Morgan fingerprint density at radius 2 is 1.34 bits per heavy atom. The monoisotopic (exact) mass is 420 g/mol. The molecule has 0 unspecified atom stereocenters. The maximum absolute atomic E-state index is 14.5. The number of piperazine rings is 1. The van der Waals surface area contributed by atoms with Gasteiger partial charge < -0.3 is 0 Å². The molecular formula is C20H19F7N2. The maximum Gasteiger partial charge on any atom is 0.412 e. The van der Waals surface area contributed by atoms with Crippen molar-refractivity contribution in [3.05, 3.63) is 59.9 Å². The molecule has 1 fully saturated rings. The van der Waals surface area contributed by atoms with Gasteiger partial charge in [-0.15, -0.1) is 0 Å². The van der Waals surface area contributed by atoms with Crippen molar-refractivity contribution in [1.82, 2.24) is 9.80 Å². The van der Waals surface area contributed by atoms with Crippen molar-refractivity contribution >= 4 is 0 Å². The zero-order valence-electron chi connectivity index (χ0n) is 15.3. The molecule has 1 saturated heterocycles. The average Bonchev–Trinajstić information content (AvgIpc) is 2.63. The van der Waals surface area contributed by atoms with Crippen molar-refractivity contribution in [2.75, 3.05) is 26.2 Å². The Labute approximate surface area is 163 Å². The zero-order valence-corrected chi connectivity index (χ0v) is 15.3. The van der Waals surface area contributed by atoms with Crippen LogP contribution in [-0.4, -0.2) is 54.4 Å². The molecule has 0 radical (unpaired) electrons. The highest BCUT2D eigenvalue weighted by molar-refractivity contribution is 5.63. The van der Waals surface area contributed by atoms with Crippen LogP contribution in [0.15, 0.2) is 48.5 Å². The number of alkyl halides is 6. The summed E-state index contributed by atoms with van der Waals surface area (Å²) in [6, 6.07) is 10.4. The minimum Gasteiger partial charge on any atom is -0.296 e. The molecular weight excluding hydrogens is 401 g/mol. The van der Waals surface area contributed by atoms with Crippen molar-refractivity contribution in [2.24, 2.45) is 0 Å². The van der Waals surface area contributed by atoms with Crippen LogP contribution in [0.4, 0.5) is 30.7 Å². The van der Waals surface area contributed by atoms with Gasteiger partial charge in [0.1, 0.15) is 5.82 Å².